The second-order valence-electron chi connectivity index (χ2n) is 4.97. The van der Waals surface area contributed by atoms with Gasteiger partial charge >= 0.3 is 0 Å². The molecule has 3 heteroatoms. The van der Waals surface area contributed by atoms with Gasteiger partial charge in [0.25, 0.3) is 0 Å². The quantitative estimate of drug-likeness (QED) is 0.763. The van der Waals surface area contributed by atoms with E-state index >= 15 is 0 Å². The first-order valence-electron chi connectivity index (χ1n) is 6.08. The first-order chi connectivity index (χ1) is 7.58. The van der Waals surface area contributed by atoms with Crippen LogP contribution >= 0.6 is 0 Å². The fraction of sp³-hybridized carbons (Fsp3) is 0.692. The summed E-state index contributed by atoms with van der Waals surface area (Å²) >= 11 is 0. The number of hydrogen-bond donors (Lipinski definition) is 0. The van der Waals surface area contributed by atoms with E-state index in [1.807, 2.05) is 25.6 Å². The predicted molar refractivity (Wildman–Crippen MR) is 63.4 cm³/mol. The molecule has 0 radical (unpaired) electrons. The zero-order chi connectivity index (χ0) is 11.7. The highest BCUT2D eigenvalue weighted by Gasteiger charge is 2.22. The van der Waals surface area contributed by atoms with Crippen LogP contribution in [0.2, 0.25) is 0 Å². The third kappa shape index (κ3) is 2.52. The molecular weight excluding hydrogens is 200 g/mol. The van der Waals surface area contributed by atoms with E-state index in [1.54, 1.807) is 0 Å². The molecule has 16 heavy (non-hydrogen) atoms. The van der Waals surface area contributed by atoms with Crippen LogP contribution in [0.15, 0.2) is 0 Å². The highest BCUT2D eigenvalue weighted by Crippen LogP contribution is 2.33. The highest BCUT2D eigenvalue weighted by atomic mass is 16.1. The third-order valence-corrected chi connectivity index (χ3v) is 3.56. The fourth-order valence-corrected chi connectivity index (χ4v) is 2.13. The first-order valence-corrected chi connectivity index (χ1v) is 6.08. The molecule has 2 rings (SSSR count). The average molecular weight is 220 g/mol. The van der Waals surface area contributed by atoms with Gasteiger partial charge in [-0.15, -0.1) is 0 Å². The molecule has 0 aliphatic heterocycles. The van der Waals surface area contributed by atoms with Crippen LogP contribution in [0.1, 0.15) is 42.6 Å². The molecule has 1 aliphatic rings. The van der Waals surface area contributed by atoms with E-state index in [1.165, 1.54) is 12.8 Å². The van der Waals surface area contributed by atoms with Crippen LogP contribution < -0.4 is 0 Å². The molecule has 3 nitrogen and oxygen atoms in total. The summed E-state index contributed by atoms with van der Waals surface area (Å²) in [6, 6.07) is 0. The standard InChI is InChI=1S/C13H20N2O/c1-9-13(10(2)15(3)14-9)8-12(16)7-6-11-4-5-11/h11H,4-8H2,1-3H3. The number of hydrogen-bond acceptors (Lipinski definition) is 2. The van der Waals surface area contributed by atoms with Gasteiger partial charge in [-0.1, -0.05) is 12.8 Å². The van der Waals surface area contributed by atoms with Gasteiger partial charge in [0.2, 0.25) is 0 Å². The molecule has 1 aromatic heterocycles. The monoisotopic (exact) mass is 220 g/mol. The minimum absolute atomic E-state index is 0.367. The summed E-state index contributed by atoms with van der Waals surface area (Å²) in [6.45, 7) is 4.01. The Kier molecular flexibility index (Phi) is 3.13. The topological polar surface area (TPSA) is 34.9 Å². The molecule has 0 saturated heterocycles. The van der Waals surface area contributed by atoms with Gasteiger partial charge in [0, 0.05) is 31.1 Å². The Bertz CT molecular complexity index is 402. The van der Waals surface area contributed by atoms with Crippen LogP contribution in [0.5, 0.6) is 0 Å². The lowest BCUT2D eigenvalue weighted by molar-refractivity contribution is -0.118. The number of rotatable bonds is 5. The van der Waals surface area contributed by atoms with Crippen molar-refractivity contribution in [3.8, 4) is 0 Å². The zero-order valence-electron chi connectivity index (χ0n) is 10.4. The molecule has 1 aromatic rings. The van der Waals surface area contributed by atoms with Gasteiger partial charge in [-0.05, 0) is 26.2 Å². The Morgan fingerprint density at radius 1 is 1.44 bits per heavy atom. The van der Waals surface area contributed by atoms with E-state index in [0.29, 0.717) is 12.2 Å². The van der Waals surface area contributed by atoms with Crippen molar-refractivity contribution in [2.24, 2.45) is 13.0 Å². The largest absolute Gasteiger partial charge is 0.299 e. The molecule has 0 spiro atoms. The second kappa shape index (κ2) is 4.40. The maximum Gasteiger partial charge on any atom is 0.137 e. The number of Topliss-reactive ketones (excluding diaryl/α,β-unsaturated/α-hetero) is 1. The molecular formula is C13H20N2O. The van der Waals surface area contributed by atoms with Crippen LogP contribution in [-0.2, 0) is 18.3 Å². The molecule has 1 fully saturated rings. The Hall–Kier alpha value is -1.12. The second-order valence-corrected chi connectivity index (χ2v) is 4.97. The minimum Gasteiger partial charge on any atom is -0.299 e. The normalized spacial score (nSPS) is 15.4. The summed E-state index contributed by atoms with van der Waals surface area (Å²) in [6.07, 6.45) is 5.07. The number of aromatic nitrogens is 2. The number of carbonyl (C=O) groups excluding carboxylic acids is 1. The SMILES string of the molecule is Cc1nn(C)c(C)c1CC(=O)CCC1CC1. The minimum atomic E-state index is 0.367. The van der Waals surface area contributed by atoms with Gasteiger partial charge < -0.3 is 0 Å². The molecule has 0 unspecified atom stereocenters. The van der Waals surface area contributed by atoms with Crippen molar-refractivity contribution in [2.45, 2.75) is 46.0 Å². The Labute approximate surface area is 96.8 Å². The summed E-state index contributed by atoms with van der Waals surface area (Å²) in [5, 5.41) is 4.34. The number of ketones is 1. The Morgan fingerprint density at radius 3 is 2.62 bits per heavy atom. The van der Waals surface area contributed by atoms with Gasteiger partial charge in [0.1, 0.15) is 5.78 Å². The van der Waals surface area contributed by atoms with E-state index in [4.69, 9.17) is 0 Å². The maximum atomic E-state index is 11.8. The van der Waals surface area contributed by atoms with Crippen LogP contribution in [-0.4, -0.2) is 15.6 Å². The van der Waals surface area contributed by atoms with Crippen molar-refractivity contribution >= 4 is 5.78 Å². The third-order valence-electron chi connectivity index (χ3n) is 3.56. The molecule has 0 amide bonds. The predicted octanol–water partition coefficient (Wildman–Crippen LogP) is 2.34. The summed E-state index contributed by atoms with van der Waals surface area (Å²) in [7, 11) is 1.93. The molecule has 0 aromatic carbocycles. The van der Waals surface area contributed by atoms with E-state index in [-0.39, 0.29) is 0 Å². The van der Waals surface area contributed by atoms with Crippen molar-refractivity contribution in [1.82, 2.24) is 9.78 Å². The van der Waals surface area contributed by atoms with E-state index in [0.717, 1.165) is 35.7 Å². The Morgan fingerprint density at radius 2 is 2.12 bits per heavy atom. The summed E-state index contributed by atoms with van der Waals surface area (Å²) in [5.74, 6) is 1.21. The average Bonchev–Trinajstić information content (AvgIpc) is 3.01. The van der Waals surface area contributed by atoms with Gasteiger partial charge in [-0.25, -0.2) is 0 Å². The maximum absolute atomic E-state index is 11.8. The molecule has 1 saturated carbocycles. The van der Waals surface area contributed by atoms with Gasteiger partial charge in [-0.3, -0.25) is 9.48 Å². The van der Waals surface area contributed by atoms with Crippen LogP contribution in [0, 0.1) is 19.8 Å². The van der Waals surface area contributed by atoms with Crippen molar-refractivity contribution in [2.75, 3.05) is 0 Å². The molecule has 0 atom stereocenters. The van der Waals surface area contributed by atoms with Crippen molar-refractivity contribution < 1.29 is 4.79 Å². The molecule has 1 heterocycles. The van der Waals surface area contributed by atoms with E-state index < -0.39 is 0 Å². The molecule has 88 valence electrons. The van der Waals surface area contributed by atoms with Gasteiger partial charge in [0.15, 0.2) is 0 Å². The summed E-state index contributed by atoms with van der Waals surface area (Å²) < 4.78 is 1.86. The number of nitrogens with zero attached hydrogens (tertiary/aromatic N) is 2. The molecule has 1 aliphatic carbocycles. The van der Waals surface area contributed by atoms with Crippen molar-refractivity contribution in [1.29, 1.82) is 0 Å². The van der Waals surface area contributed by atoms with E-state index in [9.17, 15) is 4.79 Å². The molecule has 0 N–H and O–H groups in total. The molecule has 0 bridgehead atoms. The lowest BCUT2D eigenvalue weighted by Gasteiger charge is -2.01. The number of carbonyl (C=O) groups is 1. The summed E-state index contributed by atoms with van der Waals surface area (Å²) in [5.41, 5.74) is 3.25. The Balaban J connectivity index is 1.93. The first kappa shape index (κ1) is 11.4. The van der Waals surface area contributed by atoms with Gasteiger partial charge in [0.05, 0.1) is 5.69 Å². The zero-order valence-corrected chi connectivity index (χ0v) is 10.4. The highest BCUT2D eigenvalue weighted by molar-refractivity contribution is 5.81. The fourth-order valence-electron chi connectivity index (χ4n) is 2.13. The van der Waals surface area contributed by atoms with Crippen LogP contribution in [0.25, 0.3) is 0 Å². The van der Waals surface area contributed by atoms with E-state index in [2.05, 4.69) is 5.10 Å². The number of aryl methyl sites for hydroxylation is 2. The summed E-state index contributed by atoms with van der Waals surface area (Å²) in [4.78, 5) is 11.8. The van der Waals surface area contributed by atoms with Crippen molar-refractivity contribution in [3.63, 3.8) is 0 Å². The van der Waals surface area contributed by atoms with Gasteiger partial charge in [-0.2, -0.15) is 5.10 Å². The van der Waals surface area contributed by atoms with Crippen molar-refractivity contribution in [3.05, 3.63) is 17.0 Å². The lowest BCUT2D eigenvalue weighted by Crippen LogP contribution is -2.05. The smallest absolute Gasteiger partial charge is 0.137 e. The lowest BCUT2D eigenvalue weighted by atomic mass is 10.0. The van der Waals surface area contributed by atoms with Crippen LogP contribution in [0.3, 0.4) is 0 Å². The van der Waals surface area contributed by atoms with Crippen LogP contribution in [0.4, 0.5) is 0 Å².